The average molecular weight is 536 g/mol. The minimum absolute atomic E-state index is 0.0375. The third-order valence-electron chi connectivity index (χ3n) is 8.09. The highest BCUT2D eigenvalue weighted by molar-refractivity contribution is 5.83. The van der Waals surface area contributed by atoms with Crippen molar-refractivity contribution in [2.75, 3.05) is 40.5 Å². The lowest BCUT2D eigenvalue weighted by Gasteiger charge is -2.44. The van der Waals surface area contributed by atoms with Gasteiger partial charge in [-0.2, -0.15) is 5.10 Å². The van der Waals surface area contributed by atoms with E-state index in [-0.39, 0.29) is 24.4 Å². The largest absolute Gasteiger partial charge is 0.500 e. The molecule has 39 heavy (non-hydrogen) atoms. The molecule has 3 amide bonds. The predicted molar refractivity (Wildman–Crippen MR) is 144 cm³/mol. The van der Waals surface area contributed by atoms with Gasteiger partial charge in [-0.05, 0) is 49.1 Å². The molecule has 2 aromatic rings. The molecule has 0 saturated carbocycles. The SMILES string of the molecule is COCC(=O)N1CCC2(CC1)CN(C1=CCC(OC)=C(c3cn[nH]c3)C=C1)C(=O)N2Cc1cccc(F)c1C. The number of nitrogens with zero attached hydrogens (tertiary/aromatic N) is 4. The monoisotopic (exact) mass is 535 g/mol. The Labute approximate surface area is 227 Å². The van der Waals surface area contributed by atoms with Crippen molar-refractivity contribution in [1.82, 2.24) is 24.9 Å². The number of piperidine rings is 1. The molecule has 0 radical (unpaired) electrons. The number of benzene rings is 1. The van der Waals surface area contributed by atoms with Crippen molar-refractivity contribution in [2.24, 2.45) is 0 Å². The molecule has 1 N–H and O–H groups in total. The molecule has 0 unspecified atom stereocenters. The van der Waals surface area contributed by atoms with E-state index in [2.05, 4.69) is 10.2 Å². The molecular weight excluding hydrogens is 501 g/mol. The van der Waals surface area contributed by atoms with E-state index in [9.17, 15) is 14.0 Å². The van der Waals surface area contributed by atoms with Gasteiger partial charge in [0.1, 0.15) is 18.2 Å². The van der Waals surface area contributed by atoms with Crippen molar-refractivity contribution in [3.05, 3.63) is 82.8 Å². The Kier molecular flexibility index (Phi) is 7.56. The van der Waals surface area contributed by atoms with Gasteiger partial charge in [0.25, 0.3) is 0 Å². The van der Waals surface area contributed by atoms with Crippen molar-refractivity contribution in [3.8, 4) is 0 Å². The third kappa shape index (κ3) is 5.08. The van der Waals surface area contributed by atoms with Gasteiger partial charge in [-0.15, -0.1) is 0 Å². The summed E-state index contributed by atoms with van der Waals surface area (Å²) >= 11 is 0. The van der Waals surface area contributed by atoms with Crippen LogP contribution in [0, 0.1) is 12.7 Å². The van der Waals surface area contributed by atoms with Crippen LogP contribution in [0.3, 0.4) is 0 Å². The summed E-state index contributed by atoms with van der Waals surface area (Å²) < 4.78 is 25.1. The van der Waals surface area contributed by atoms with Crippen LogP contribution in [-0.2, 0) is 20.8 Å². The highest BCUT2D eigenvalue weighted by Crippen LogP contribution is 2.40. The first-order valence-electron chi connectivity index (χ1n) is 13.1. The topological polar surface area (TPSA) is 91.0 Å². The molecule has 2 fully saturated rings. The first-order valence-corrected chi connectivity index (χ1v) is 13.1. The molecule has 10 heteroatoms. The van der Waals surface area contributed by atoms with Crippen LogP contribution in [0.25, 0.3) is 5.57 Å². The molecule has 0 atom stereocenters. The number of H-pyrrole nitrogens is 1. The van der Waals surface area contributed by atoms with E-state index >= 15 is 0 Å². The standard InChI is InChI=1S/C29H34FN5O4/c1-20-21(5-4-6-25(20)30)17-35-28(37)34(19-29(35)11-13-33(14-12-29)27(36)18-38-2)23-7-9-24(22-15-31-32-16-22)26(39-3)10-8-23/h4-9,15-16H,10-14,17-19H2,1-3H3,(H,31,32). The number of halogens is 1. The van der Waals surface area contributed by atoms with Crippen molar-refractivity contribution >= 4 is 17.5 Å². The fraction of sp³-hybridized carbons (Fsp3) is 0.414. The number of methoxy groups -OCH3 is 2. The summed E-state index contributed by atoms with van der Waals surface area (Å²) in [4.78, 5) is 32.1. The molecule has 9 nitrogen and oxygen atoms in total. The van der Waals surface area contributed by atoms with Crippen LogP contribution in [0.4, 0.5) is 9.18 Å². The number of aromatic amines is 1. The van der Waals surface area contributed by atoms with E-state index in [1.807, 2.05) is 34.1 Å². The number of urea groups is 1. The van der Waals surface area contributed by atoms with Crippen molar-refractivity contribution in [1.29, 1.82) is 0 Å². The number of nitrogens with one attached hydrogen (secondary N) is 1. The van der Waals surface area contributed by atoms with Gasteiger partial charge < -0.3 is 19.3 Å². The van der Waals surface area contributed by atoms with Gasteiger partial charge in [0.2, 0.25) is 5.91 Å². The van der Waals surface area contributed by atoms with Crippen LogP contribution in [0.5, 0.6) is 0 Å². The maximum absolute atomic E-state index is 14.4. The van der Waals surface area contributed by atoms with E-state index in [4.69, 9.17) is 9.47 Å². The normalized spacial score (nSPS) is 19.1. The van der Waals surface area contributed by atoms with Crippen LogP contribution in [0.2, 0.25) is 0 Å². The molecule has 206 valence electrons. The molecule has 1 aromatic carbocycles. The second kappa shape index (κ2) is 11.1. The fourth-order valence-electron chi connectivity index (χ4n) is 5.73. The zero-order valence-electron chi connectivity index (χ0n) is 22.6. The zero-order chi connectivity index (χ0) is 27.6. The van der Waals surface area contributed by atoms with Gasteiger partial charge in [0.05, 0.1) is 25.4 Å². The summed E-state index contributed by atoms with van der Waals surface area (Å²) in [5, 5.41) is 6.89. The van der Waals surface area contributed by atoms with Crippen molar-refractivity contribution in [3.63, 3.8) is 0 Å². The van der Waals surface area contributed by atoms with Crippen LogP contribution in [-0.4, -0.2) is 82.8 Å². The maximum atomic E-state index is 14.4. The van der Waals surface area contributed by atoms with Gasteiger partial charge in [-0.25, -0.2) is 9.18 Å². The number of carbonyl (C=O) groups is 2. The first-order chi connectivity index (χ1) is 18.9. The van der Waals surface area contributed by atoms with Gasteiger partial charge in [-0.1, -0.05) is 18.2 Å². The number of hydrogen-bond donors (Lipinski definition) is 1. The van der Waals surface area contributed by atoms with E-state index < -0.39 is 5.54 Å². The number of carbonyl (C=O) groups excluding carboxylic acids is 2. The molecule has 1 aliphatic carbocycles. The second-order valence-corrected chi connectivity index (χ2v) is 10.2. The van der Waals surface area contributed by atoms with Gasteiger partial charge >= 0.3 is 6.03 Å². The fourth-order valence-corrected chi connectivity index (χ4v) is 5.73. The maximum Gasteiger partial charge on any atom is 0.325 e. The summed E-state index contributed by atoms with van der Waals surface area (Å²) in [5.41, 5.74) is 3.40. The molecule has 3 aliphatic rings. The van der Waals surface area contributed by atoms with Crippen LogP contribution >= 0.6 is 0 Å². The number of hydrogen-bond acceptors (Lipinski definition) is 5. The van der Waals surface area contributed by atoms with E-state index in [0.29, 0.717) is 51.0 Å². The van der Waals surface area contributed by atoms with E-state index in [1.165, 1.54) is 13.2 Å². The smallest absolute Gasteiger partial charge is 0.325 e. The Hall–Kier alpha value is -3.92. The average Bonchev–Trinajstić information content (AvgIpc) is 3.49. The Morgan fingerprint density at radius 3 is 2.69 bits per heavy atom. The Balaban J connectivity index is 1.45. The lowest BCUT2D eigenvalue weighted by atomic mass is 9.86. The van der Waals surface area contributed by atoms with Gasteiger partial charge in [0.15, 0.2) is 0 Å². The molecule has 1 spiro atoms. The van der Waals surface area contributed by atoms with E-state index in [0.717, 1.165) is 28.2 Å². The summed E-state index contributed by atoms with van der Waals surface area (Å²) in [6.07, 6.45) is 11.2. The van der Waals surface area contributed by atoms with Crippen LogP contribution in [0.15, 0.2) is 60.3 Å². The quantitative estimate of drug-likeness (QED) is 0.579. The summed E-state index contributed by atoms with van der Waals surface area (Å²) in [5.74, 6) is 0.436. The highest BCUT2D eigenvalue weighted by atomic mass is 19.1. The number of aromatic nitrogens is 2. The number of amides is 3. The Bertz CT molecular complexity index is 1330. The molecule has 5 rings (SSSR count). The third-order valence-corrected chi connectivity index (χ3v) is 8.09. The molecular formula is C29H34FN5O4. The Morgan fingerprint density at radius 1 is 1.21 bits per heavy atom. The number of allylic oxidation sites excluding steroid dienone is 4. The van der Waals surface area contributed by atoms with Gasteiger partial charge in [0, 0.05) is 56.2 Å². The molecule has 3 heterocycles. The summed E-state index contributed by atoms with van der Waals surface area (Å²) in [6.45, 7) is 3.60. The first kappa shape index (κ1) is 26.7. The molecule has 0 bridgehead atoms. The summed E-state index contributed by atoms with van der Waals surface area (Å²) in [6, 6.07) is 4.86. The minimum Gasteiger partial charge on any atom is -0.500 e. The minimum atomic E-state index is -0.494. The Morgan fingerprint density at radius 2 is 2.00 bits per heavy atom. The van der Waals surface area contributed by atoms with E-state index in [1.54, 1.807) is 37.4 Å². The van der Waals surface area contributed by atoms with Crippen molar-refractivity contribution < 1.29 is 23.5 Å². The summed E-state index contributed by atoms with van der Waals surface area (Å²) in [7, 11) is 3.15. The predicted octanol–water partition coefficient (Wildman–Crippen LogP) is 4.00. The van der Waals surface area contributed by atoms with Crippen molar-refractivity contribution in [2.45, 2.75) is 38.3 Å². The second-order valence-electron chi connectivity index (χ2n) is 10.2. The molecule has 2 saturated heterocycles. The van der Waals surface area contributed by atoms with Crippen LogP contribution in [0.1, 0.15) is 36.0 Å². The zero-order valence-corrected chi connectivity index (χ0v) is 22.6. The van der Waals surface area contributed by atoms with Gasteiger partial charge in [-0.3, -0.25) is 14.8 Å². The number of rotatable bonds is 7. The van der Waals surface area contributed by atoms with Crippen LogP contribution < -0.4 is 0 Å². The number of ether oxygens (including phenoxy) is 2. The lowest BCUT2D eigenvalue weighted by Crippen LogP contribution is -2.55. The molecule has 1 aromatic heterocycles. The lowest BCUT2D eigenvalue weighted by molar-refractivity contribution is -0.137. The highest BCUT2D eigenvalue weighted by Gasteiger charge is 2.52. The number of likely N-dealkylation sites (tertiary alicyclic amines) is 1. The molecule has 2 aliphatic heterocycles.